The molecule has 1 aromatic rings. The molecule has 1 aromatic carbocycles. The Morgan fingerprint density at radius 1 is 1.25 bits per heavy atom. The van der Waals surface area contributed by atoms with Crippen molar-refractivity contribution in [2.45, 2.75) is 44.2 Å². The lowest BCUT2D eigenvalue weighted by atomic mass is 9.92. The van der Waals surface area contributed by atoms with E-state index in [-0.39, 0.29) is 6.04 Å². The highest BCUT2D eigenvalue weighted by atomic mass is 32.1. The third-order valence-electron chi connectivity index (χ3n) is 4.09. The molecule has 1 unspecified atom stereocenters. The van der Waals surface area contributed by atoms with Crippen LogP contribution in [-0.4, -0.2) is 23.0 Å². The summed E-state index contributed by atoms with van der Waals surface area (Å²) in [7, 11) is 1.96. The van der Waals surface area contributed by atoms with Gasteiger partial charge >= 0.3 is 0 Å². The summed E-state index contributed by atoms with van der Waals surface area (Å²) < 4.78 is 26.5. The van der Waals surface area contributed by atoms with Crippen LogP contribution in [0.3, 0.4) is 0 Å². The number of benzene rings is 1. The largest absolute Gasteiger partial charge is 0.392 e. The van der Waals surface area contributed by atoms with Crippen LogP contribution in [0.15, 0.2) is 18.2 Å². The van der Waals surface area contributed by atoms with Crippen molar-refractivity contribution in [1.29, 1.82) is 0 Å². The number of halogens is 2. The van der Waals surface area contributed by atoms with E-state index in [1.54, 1.807) is 6.07 Å². The number of hydrogen-bond donors (Lipinski definition) is 1. The van der Waals surface area contributed by atoms with E-state index in [1.165, 1.54) is 25.3 Å². The van der Waals surface area contributed by atoms with Crippen LogP contribution in [0.1, 0.15) is 43.7 Å². The first-order valence-corrected chi connectivity index (χ1v) is 7.37. The van der Waals surface area contributed by atoms with E-state index in [0.717, 1.165) is 18.9 Å². The quantitative estimate of drug-likeness (QED) is 0.862. The van der Waals surface area contributed by atoms with Gasteiger partial charge in [0.15, 0.2) is 11.6 Å². The van der Waals surface area contributed by atoms with Gasteiger partial charge in [0.2, 0.25) is 0 Å². The fourth-order valence-corrected chi connectivity index (χ4v) is 3.28. The van der Waals surface area contributed by atoms with E-state index in [2.05, 4.69) is 4.90 Å². The lowest BCUT2D eigenvalue weighted by Gasteiger charge is -2.37. The summed E-state index contributed by atoms with van der Waals surface area (Å²) in [6.07, 6.45) is 5.83. The second-order valence-corrected chi connectivity index (χ2v) is 5.91. The third kappa shape index (κ3) is 3.33. The molecule has 0 radical (unpaired) electrons. The number of nitrogens with zero attached hydrogens (tertiary/aromatic N) is 1. The fourth-order valence-electron chi connectivity index (χ4n) is 2.98. The van der Waals surface area contributed by atoms with Crippen LogP contribution < -0.4 is 5.73 Å². The maximum absolute atomic E-state index is 13.4. The summed E-state index contributed by atoms with van der Waals surface area (Å²) >= 11 is 5.14. The SMILES string of the molecule is CN(C1CCCCC1)C(C(N)=S)c1ccc(F)c(F)c1. The van der Waals surface area contributed by atoms with Crippen molar-refractivity contribution in [3.05, 3.63) is 35.4 Å². The average molecular weight is 298 g/mol. The molecule has 1 atom stereocenters. The smallest absolute Gasteiger partial charge is 0.159 e. The molecule has 5 heteroatoms. The highest BCUT2D eigenvalue weighted by Crippen LogP contribution is 2.29. The maximum Gasteiger partial charge on any atom is 0.159 e. The van der Waals surface area contributed by atoms with Gasteiger partial charge in [0.1, 0.15) is 0 Å². The predicted octanol–water partition coefficient (Wildman–Crippen LogP) is 3.56. The molecule has 0 heterocycles. The molecule has 0 aromatic heterocycles. The molecule has 0 bridgehead atoms. The zero-order valence-corrected chi connectivity index (χ0v) is 12.4. The van der Waals surface area contributed by atoms with Gasteiger partial charge in [0.05, 0.1) is 11.0 Å². The molecule has 1 aliphatic carbocycles. The molecule has 0 aliphatic heterocycles. The maximum atomic E-state index is 13.4. The van der Waals surface area contributed by atoms with E-state index in [0.29, 0.717) is 16.6 Å². The van der Waals surface area contributed by atoms with Crippen LogP contribution in [0.2, 0.25) is 0 Å². The van der Waals surface area contributed by atoms with Gasteiger partial charge in [0.25, 0.3) is 0 Å². The number of likely N-dealkylation sites (N-methyl/N-ethyl adjacent to an activating group) is 1. The highest BCUT2D eigenvalue weighted by molar-refractivity contribution is 7.80. The van der Waals surface area contributed by atoms with Crippen LogP contribution >= 0.6 is 12.2 Å². The lowest BCUT2D eigenvalue weighted by Crippen LogP contribution is -2.41. The molecule has 110 valence electrons. The van der Waals surface area contributed by atoms with Crippen LogP contribution in [0, 0.1) is 11.6 Å². The molecule has 1 saturated carbocycles. The summed E-state index contributed by atoms with van der Waals surface area (Å²) in [5, 5.41) is 0. The Balaban J connectivity index is 2.25. The second-order valence-electron chi connectivity index (χ2n) is 5.44. The summed E-state index contributed by atoms with van der Waals surface area (Å²) in [4.78, 5) is 2.40. The van der Waals surface area contributed by atoms with Gasteiger partial charge in [-0.2, -0.15) is 0 Å². The van der Waals surface area contributed by atoms with Crippen LogP contribution in [0.5, 0.6) is 0 Å². The van der Waals surface area contributed by atoms with Gasteiger partial charge in [-0.25, -0.2) is 8.78 Å². The number of hydrogen-bond acceptors (Lipinski definition) is 2. The molecular formula is C15H20F2N2S. The van der Waals surface area contributed by atoms with Crippen molar-refractivity contribution >= 4 is 17.2 Å². The van der Waals surface area contributed by atoms with Crippen LogP contribution in [-0.2, 0) is 0 Å². The molecule has 2 rings (SSSR count). The molecular weight excluding hydrogens is 278 g/mol. The van der Waals surface area contributed by atoms with E-state index in [1.807, 2.05) is 7.05 Å². The third-order valence-corrected chi connectivity index (χ3v) is 4.31. The summed E-state index contributed by atoms with van der Waals surface area (Å²) in [6.45, 7) is 0. The Morgan fingerprint density at radius 2 is 1.90 bits per heavy atom. The van der Waals surface area contributed by atoms with Gasteiger partial charge in [-0.15, -0.1) is 0 Å². The first-order chi connectivity index (χ1) is 9.50. The number of thiocarbonyl (C=S) groups is 1. The van der Waals surface area contributed by atoms with E-state index >= 15 is 0 Å². The summed E-state index contributed by atoms with van der Waals surface area (Å²) in [5.74, 6) is -1.71. The average Bonchev–Trinajstić information content (AvgIpc) is 2.43. The van der Waals surface area contributed by atoms with Crippen molar-refractivity contribution < 1.29 is 8.78 Å². The van der Waals surface area contributed by atoms with E-state index in [4.69, 9.17) is 18.0 Å². The zero-order chi connectivity index (χ0) is 14.7. The molecule has 20 heavy (non-hydrogen) atoms. The standard InChI is InChI=1S/C15H20F2N2S/c1-19(11-5-3-2-4-6-11)14(15(18)20)10-7-8-12(16)13(17)9-10/h7-9,11,14H,2-6H2,1H3,(H2,18,20). The van der Waals surface area contributed by atoms with Gasteiger partial charge in [0, 0.05) is 6.04 Å². The first kappa shape index (κ1) is 15.3. The molecule has 1 fully saturated rings. The molecule has 0 spiro atoms. The molecule has 2 nitrogen and oxygen atoms in total. The van der Waals surface area contributed by atoms with Crippen molar-refractivity contribution in [3.63, 3.8) is 0 Å². The Bertz CT molecular complexity index is 487. The topological polar surface area (TPSA) is 29.3 Å². The number of nitrogens with two attached hydrogens (primary N) is 1. The molecule has 1 aliphatic rings. The lowest BCUT2D eigenvalue weighted by molar-refractivity contribution is 0.170. The summed E-state index contributed by atoms with van der Waals surface area (Å²) in [5.41, 5.74) is 6.45. The van der Waals surface area contributed by atoms with Gasteiger partial charge in [-0.05, 0) is 37.6 Å². The van der Waals surface area contributed by atoms with Gasteiger partial charge in [-0.3, -0.25) is 4.90 Å². The Labute approximate surface area is 123 Å². The normalized spacial score (nSPS) is 18.2. The van der Waals surface area contributed by atoms with Crippen molar-refractivity contribution in [2.75, 3.05) is 7.05 Å². The minimum absolute atomic E-state index is 0.295. The van der Waals surface area contributed by atoms with Crippen LogP contribution in [0.25, 0.3) is 0 Å². The van der Waals surface area contributed by atoms with Crippen molar-refractivity contribution in [2.24, 2.45) is 5.73 Å². The molecule has 0 amide bonds. The van der Waals surface area contributed by atoms with Crippen LogP contribution in [0.4, 0.5) is 8.78 Å². The Morgan fingerprint density at radius 3 is 2.45 bits per heavy atom. The first-order valence-electron chi connectivity index (χ1n) is 6.97. The fraction of sp³-hybridized carbons (Fsp3) is 0.533. The zero-order valence-electron chi connectivity index (χ0n) is 11.6. The monoisotopic (exact) mass is 298 g/mol. The van der Waals surface area contributed by atoms with Gasteiger partial charge in [-0.1, -0.05) is 37.5 Å². The van der Waals surface area contributed by atoms with Crippen molar-refractivity contribution in [3.8, 4) is 0 Å². The second kappa shape index (κ2) is 6.59. The van der Waals surface area contributed by atoms with Gasteiger partial charge < -0.3 is 5.73 Å². The minimum atomic E-state index is -0.860. The highest BCUT2D eigenvalue weighted by Gasteiger charge is 2.28. The van der Waals surface area contributed by atoms with Crippen molar-refractivity contribution in [1.82, 2.24) is 4.90 Å². The Hall–Kier alpha value is -1.07. The molecule has 2 N–H and O–H groups in total. The minimum Gasteiger partial charge on any atom is -0.392 e. The predicted molar refractivity (Wildman–Crippen MR) is 80.5 cm³/mol. The molecule has 0 saturated heterocycles. The van der Waals surface area contributed by atoms with E-state index in [9.17, 15) is 8.78 Å². The Kier molecular flexibility index (Phi) is 5.05. The summed E-state index contributed by atoms with van der Waals surface area (Å²) in [6, 6.07) is 3.93. The van der Waals surface area contributed by atoms with E-state index < -0.39 is 11.6 Å². The number of rotatable bonds is 4.